The number of nitrogens with zero attached hydrogens (tertiary/aromatic N) is 1. The predicted octanol–water partition coefficient (Wildman–Crippen LogP) is 3.56. The first-order valence-electron chi connectivity index (χ1n) is 5.62. The molecule has 0 fully saturated rings. The van der Waals surface area contributed by atoms with Crippen molar-refractivity contribution in [2.75, 3.05) is 20.3 Å². The Morgan fingerprint density at radius 3 is 2.47 bits per heavy atom. The normalized spacial score (nSPS) is 11.0. The molecule has 0 aromatic heterocycles. The first kappa shape index (κ1) is 13.5. The molecule has 1 rings (SSSR count). The Labute approximate surface area is 103 Å². The molecule has 0 saturated carbocycles. The predicted molar refractivity (Wildman–Crippen MR) is 68.8 cm³/mol. The van der Waals surface area contributed by atoms with Crippen LogP contribution >= 0.6 is 0 Å². The molecule has 3 nitrogen and oxygen atoms in total. The van der Waals surface area contributed by atoms with Gasteiger partial charge in [0.1, 0.15) is 12.4 Å². The van der Waals surface area contributed by atoms with E-state index in [0.29, 0.717) is 18.9 Å². The van der Waals surface area contributed by atoms with Crippen LogP contribution in [0.25, 0.3) is 4.85 Å². The zero-order chi connectivity index (χ0) is 12.9. The summed E-state index contributed by atoms with van der Waals surface area (Å²) in [6.45, 7) is 14.6. The van der Waals surface area contributed by atoms with Crippen LogP contribution in [0.1, 0.15) is 26.3 Å². The third-order valence-electron chi connectivity index (χ3n) is 2.45. The van der Waals surface area contributed by atoms with E-state index in [9.17, 15) is 0 Å². The molecule has 0 atom stereocenters. The van der Waals surface area contributed by atoms with Crippen LogP contribution < -0.4 is 4.74 Å². The lowest BCUT2D eigenvalue weighted by Crippen LogP contribution is -2.11. The molecular formula is C14H19NO2. The van der Waals surface area contributed by atoms with Gasteiger partial charge in [0.05, 0.1) is 13.2 Å². The van der Waals surface area contributed by atoms with E-state index in [4.69, 9.17) is 16.0 Å². The van der Waals surface area contributed by atoms with Crippen LogP contribution in [0.4, 0.5) is 5.69 Å². The third-order valence-corrected chi connectivity index (χ3v) is 2.45. The Morgan fingerprint density at radius 1 is 1.24 bits per heavy atom. The lowest BCUT2D eigenvalue weighted by Gasteiger charge is -2.21. The zero-order valence-electron chi connectivity index (χ0n) is 10.9. The van der Waals surface area contributed by atoms with Crippen molar-refractivity contribution in [3.05, 3.63) is 35.2 Å². The number of rotatable bonds is 4. The third kappa shape index (κ3) is 3.76. The summed E-state index contributed by atoms with van der Waals surface area (Å²) in [4.78, 5) is 3.56. The summed E-state index contributed by atoms with van der Waals surface area (Å²) in [6, 6.07) is 5.67. The van der Waals surface area contributed by atoms with Gasteiger partial charge in [-0.15, -0.1) is 0 Å². The highest BCUT2D eigenvalue weighted by Gasteiger charge is 2.18. The Balaban J connectivity index is 2.90. The van der Waals surface area contributed by atoms with Crippen molar-refractivity contribution in [2.24, 2.45) is 0 Å². The van der Waals surface area contributed by atoms with Gasteiger partial charge in [0, 0.05) is 7.11 Å². The second kappa shape index (κ2) is 5.70. The fourth-order valence-corrected chi connectivity index (χ4v) is 1.57. The van der Waals surface area contributed by atoms with Gasteiger partial charge in [0.15, 0.2) is 5.69 Å². The minimum absolute atomic E-state index is 0.0229. The topological polar surface area (TPSA) is 22.8 Å². The van der Waals surface area contributed by atoms with E-state index < -0.39 is 0 Å². The maximum atomic E-state index is 7.22. The molecule has 0 N–H and O–H groups in total. The lowest BCUT2D eigenvalue weighted by molar-refractivity contribution is 0.146. The Bertz CT molecular complexity index is 413. The Morgan fingerprint density at radius 2 is 1.94 bits per heavy atom. The number of ether oxygens (including phenoxy) is 2. The molecule has 1 aromatic carbocycles. The second-order valence-electron chi connectivity index (χ2n) is 4.88. The van der Waals surface area contributed by atoms with E-state index in [-0.39, 0.29) is 5.41 Å². The summed E-state index contributed by atoms with van der Waals surface area (Å²) in [5, 5.41) is 0. The fraction of sp³-hybridized carbons (Fsp3) is 0.500. The van der Waals surface area contributed by atoms with Crippen molar-refractivity contribution in [1.82, 2.24) is 0 Å². The lowest BCUT2D eigenvalue weighted by atomic mass is 9.86. The fourth-order valence-electron chi connectivity index (χ4n) is 1.57. The molecule has 0 unspecified atom stereocenters. The molecule has 0 aliphatic rings. The quantitative estimate of drug-likeness (QED) is 0.586. The van der Waals surface area contributed by atoms with Crippen molar-refractivity contribution < 1.29 is 9.47 Å². The highest BCUT2D eigenvalue weighted by atomic mass is 16.5. The van der Waals surface area contributed by atoms with E-state index in [1.54, 1.807) is 13.2 Å². The molecule has 3 heteroatoms. The summed E-state index contributed by atoms with van der Waals surface area (Å²) in [5.41, 5.74) is 1.68. The summed E-state index contributed by atoms with van der Waals surface area (Å²) < 4.78 is 10.4. The molecule has 0 saturated heterocycles. The molecule has 92 valence electrons. The summed E-state index contributed by atoms with van der Waals surface area (Å²) in [6.07, 6.45) is 0. The average Bonchev–Trinajstić information content (AvgIpc) is 2.28. The molecule has 0 aliphatic heterocycles. The zero-order valence-corrected chi connectivity index (χ0v) is 10.9. The van der Waals surface area contributed by atoms with Crippen LogP contribution in [-0.4, -0.2) is 20.3 Å². The molecule has 17 heavy (non-hydrogen) atoms. The van der Waals surface area contributed by atoms with Crippen LogP contribution in [-0.2, 0) is 10.2 Å². The highest BCUT2D eigenvalue weighted by molar-refractivity contribution is 5.58. The Hall–Kier alpha value is -1.53. The largest absolute Gasteiger partial charge is 0.493 e. The molecule has 0 radical (unpaired) electrons. The number of methoxy groups -OCH3 is 1. The van der Waals surface area contributed by atoms with Crippen molar-refractivity contribution in [3.8, 4) is 5.75 Å². The molecule has 0 heterocycles. The van der Waals surface area contributed by atoms with Crippen LogP contribution in [0.5, 0.6) is 5.75 Å². The van der Waals surface area contributed by atoms with E-state index >= 15 is 0 Å². The van der Waals surface area contributed by atoms with E-state index in [1.807, 2.05) is 12.1 Å². The van der Waals surface area contributed by atoms with Crippen LogP contribution in [0.3, 0.4) is 0 Å². The summed E-state index contributed by atoms with van der Waals surface area (Å²) >= 11 is 0. The number of hydrogen-bond acceptors (Lipinski definition) is 2. The van der Waals surface area contributed by atoms with Gasteiger partial charge in [-0.1, -0.05) is 26.8 Å². The molecule has 0 aliphatic carbocycles. The van der Waals surface area contributed by atoms with Crippen LogP contribution in [0.2, 0.25) is 0 Å². The van der Waals surface area contributed by atoms with Crippen molar-refractivity contribution in [2.45, 2.75) is 26.2 Å². The maximum Gasteiger partial charge on any atom is 0.194 e. The molecule has 1 aromatic rings. The molecule has 0 bridgehead atoms. The van der Waals surface area contributed by atoms with E-state index in [2.05, 4.69) is 25.6 Å². The summed E-state index contributed by atoms with van der Waals surface area (Å²) in [5.74, 6) is 0.723. The average molecular weight is 233 g/mol. The van der Waals surface area contributed by atoms with Crippen molar-refractivity contribution in [3.63, 3.8) is 0 Å². The first-order valence-corrected chi connectivity index (χ1v) is 5.62. The van der Waals surface area contributed by atoms with Gasteiger partial charge in [-0.25, -0.2) is 4.85 Å². The van der Waals surface area contributed by atoms with Crippen LogP contribution in [0.15, 0.2) is 18.2 Å². The number of benzene rings is 1. The highest BCUT2D eigenvalue weighted by Crippen LogP contribution is 2.34. The van der Waals surface area contributed by atoms with Gasteiger partial charge in [-0.3, -0.25) is 0 Å². The van der Waals surface area contributed by atoms with E-state index in [0.717, 1.165) is 11.3 Å². The Kier molecular flexibility index (Phi) is 4.53. The molecular weight excluding hydrogens is 214 g/mol. The van der Waals surface area contributed by atoms with Crippen LogP contribution in [0, 0.1) is 6.57 Å². The van der Waals surface area contributed by atoms with Gasteiger partial charge < -0.3 is 9.47 Å². The van der Waals surface area contributed by atoms with Gasteiger partial charge in [-0.05, 0) is 23.1 Å². The molecule has 0 amide bonds. The second-order valence-corrected chi connectivity index (χ2v) is 4.88. The molecule has 0 spiro atoms. The van der Waals surface area contributed by atoms with Gasteiger partial charge >= 0.3 is 0 Å². The minimum Gasteiger partial charge on any atom is -0.493 e. The maximum absolute atomic E-state index is 7.22. The number of hydrogen-bond donors (Lipinski definition) is 0. The summed E-state index contributed by atoms with van der Waals surface area (Å²) in [7, 11) is 1.64. The standard InChI is InChI=1S/C14H19NO2/c1-14(2,3)12-7-6-11(10-13(12)15-4)17-9-8-16-5/h6-7,10H,8-9H2,1-3,5H3. The van der Waals surface area contributed by atoms with Crippen molar-refractivity contribution in [1.29, 1.82) is 0 Å². The SMILES string of the molecule is [C-]#[N+]c1cc(OCCOC)ccc1C(C)(C)C. The van der Waals surface area contributed by atoms with Gasteiger partial charge in [0.2, 0.25) is 0 Å². The van der Waals surface area contributed by atoms with Gasteiger partial charge in [0.25, 0.3) is 0 Å². The van der Waals surface area contributed by atoms with Crippen molar-refractivity contribution >= 4 is 5.69 Å². The monoisotopic (exact) mass is 233 g/mol. The first-order chi connectivity index (χ1) is 7.99. The van der Waals surface area contributed by atoms with E-state index in [1.165, 1.54) is 0 Å². The smallest absolute Gasteiger partial charge is 0.194 e. The van der Waals surface area contributed by atoms with Gasteiger partial charge in [-0.2, -0.15) is 0 Å². The minimum atomic E-state index is -0.0229.